The monoisotopic (exact) mass is 183 g/mol. The molecule has 0 aliphatic carbocycles. The molecule has 0 amide bonds. The van der Waals surface area contributed by atoms with Crippen LogP contribution in [0.15, 0.2) is 12.3 Å². The maximum atomic E-state index is 13.2. The van der Waals surface area contributed by atoms with Gasteiger partial charge in [0, 0.05) is 18.3 Å². The number of nitrogen functional groups attached to an aromatic ring is 1. The smallest absolute Gasteiger partial charge is 0.169 e. The molecule has 0 radical (unpaired) electrons. The van der Waals surface area contributed by atoms with E-state index in [1.165, 1.54) is 6.20 Å². The van der Waals surface area contributed by atoms with E-state index >= 15 is 0 Å². The van der Waals surface area contributed by atoms with Gasteiger partial charge in [-0.3, -0.25) is 0 Å². The zero-order valence-electron chi connectivity index (χ0n) is 7.68. The standard InChI is InChI=1S/C9H14FN3/c1-2-4-12-6-7-3-5-13-9(11)8(7)10/h3,5,12H,2,4,6H2,1H3,(H2,11,13). The second-order valence-corrected chi connectivity index (χ2v) is 2.85. The van der Waals surface area contributed by atoms with Crippen molar-refractivity contribution in [2.45, 2.75) is 19.9 Å². The molecule has 13 heavy (non-hydrogen) atoms. The van der Waals surface area contributed by atoms with Gasteiger partial charge in [-0.05, 0) is 19.0 Å². The second kappa shape index (κ2) is 4.77. The Morgan fingerprint density at radius 1 is 1.62 bits per heavy atom. The van der Waals surface area contributed by atoms with Crippen molar-refractivity contribution in [1.82, 2.24) is 10.3 Å². The van der Waals surface area contributed by atoms with Gasteiger partial charge in [0.1, 0.15) is 0 Å². The molecule has 3 N–H and O–H groups in total. The Balaban J connectivity index is 2.61. The van der Waals surface area contributed by atoms with Crippen molar-refractivity contribution in [2.75, 3.05) is 12.3 Å². The predicted octanol–water partition coefficient (Wildman–Crippen LogP) is 1.30. The summed E-state index contributed by atoms with van der Waals surface area (Å²) in [4.78, 5) is 3.64. The Labute approximate surface area is 77.2 Å². The Morgan fingerprint density at radius 3 is 3.08 bits per heavy atom. The van der Waals surface area contributed by atoms with Crippen molar-refractivity contribution >= 4 is 5.82 Å². The summed E-state index contributed by atoms with van der Waals surface area (Å²) in [6.45, 7) is 3.44. The van der Waals surface area contributed by atoms with Crippen LogP contribution in [0.4, 0.5) is 10.2 Å². The fourth-order valence-corrected chi connectivity index (χ4v) is 1.04. The van der Waals surface area contributed by atoms with Crippen LogP contribution in [0.25, 0.3) is 0 Å². The fourth-order valence-electron chi connectivity index (χ4n) is 1.04. The highest BCUT2D eigenvalue weighted by atomic mass is 19.1. The van der Waals surface area contributed by atoms with Gasteiger partial charge >= 0.3 is 0 Å². The van der Waals surface area contributed by atoms with Gasteiger partial charge in [0.2, 0.25) is 0 Å². The molecule has 0 spiro atoms. The Hall–Kier alpha value is -1.16. The zero-order valence-corrected chi connectivity index (χ0v) is 7.68. The van der Waals surface area contributed by atoms with E-state index in [1.54, 1.807) is 6.07 Å². The third kappa shape index (κ3) is 2.66. The van der Waals surface area contributed by atoms with Crippen LogP contribution < -0.4 is 11.1 Å². The summed E-state index contributed by atoms with van der Waals surface area (Å²) in [7, 11) is 0. The minimum Gasteiger partial charge on any atom is -0.381 e. The molecule has 0 unspecified atom stereocenters. The summed E-state index contributed by atoms with van der Waals surface area (Å²) in [5.41, 5.74) is 5.88. The van der Waals surface area contributed by atoms with Crippen molar-refractivity contribution in [3.8, 4) is 0 Å². The first kappa shape index (κ1) is 9.92. The molecule has 0 aromatic carbocycles. The molecule has 3 nitrogen and oxygen atoms in total. The summed E-state index contributed by atoms with van der Waals surface area (Å²) in [5.74, 6) is -0.443. The molecule has 0 bridgehead atoms. The van der Waals surface area contributed by atoms with E-state index in [4.69, 9.17) is 5.73 Å². The summed E-state index contributed by atoms with van der Waals surface area (Å²) in [5, 5.41) is 3.10. The summed E-state index contributed by atoms with van der Waals surface area (Å²) >= 11 is 0. The maximum Gasteiger partial charge on any atom is 0.169 e. The number of pyridine rings is 1. The molecule has 0 fully saturated rings. The van der Waals surface area contributed by atoms with Gasteiger partial charge in [0.25, 0.3) is 0 Å². The summed E-state index contributed by atoms with van der Waals surface area (Å²) in [6.07, 6.45) is 2.55. The van der Waals surface area contributed by atoms with Gasteiger partial charge in [-0.15, -0.1) is 0 Å². The molecule has 1 rings (SSSR count). The van der Waals surface area contributed by atoms with E-state index in [9.17, 15) is 4.39 Å². The van der Waals surface area contributed by atoms with Gasteiger partial charge in [0.05, 0.1) is 0 Å². The molecule has 0 atom stereocenters. The lowest BCUT2D eigenvalue weighted by molar-refractivity contribution is 0.586. The number of aromatic nitrogens is 1. The van der Waals surface area contributed by atoms with Crippen LogP contribution in [-0.4, -0.2) is 11.5 Å². The number of hydrogen-bond donors (Lipinski definition) is 2. The Kier molecular flexibility index (Phi) is 3.64. The van der Waals surface area contributed by atoms with Crippen molar-refractivity contribution in [1.29, 1.82) is 0 Å². The van der Waals surface area contributed by atoms with Crippen molar-refractivity contribution in [2.24, 2.45) is 0 Å². The fraction of sp³-hybridized carbons (Fsp3) is 0.444. The molecule has 1 aromatic heterocycles. The number of hydrogen-bond acceptors (Lipinski definition) is 3. The molecule has 1 heterocycles. The van der Waals surface area contributed by atoms with Gasteiger partial charge in [-0.2, -0.15) is 0 Å². The third-order valence-electron chi connectivity index (χ3n) is 1.74. The van der Waals surface area contributed by atoms with E-state index in [2.05, 4.69) is 17.2 Å². The lowest BCUT2D eigenvalue weighted by atomic mass is 10.2. The Morgan fingerprint density at radius 2 is 2.38 bits per heavy atom. The second-order valence-electron chi connectivity index (χ2n) is 2.85. The first-order valence-electron chi connectivity index (χ1n) is 4.35. The number of nitrogens with zero attached hydrogens (tertiary/aromatic N) is 1. The van der Waals surface area contributed by atoms with E-state index in [0.717, 1.165) is 13.0 Å². The van der Waals surface area contributed by atoms with Crippen LogP contribution >= 0.6 is 0 Å². The highest BCUT2D eigenvalue weighted by molar-refractivity contribution is 5.34. The average Bonchev–Trinajstić information content (AvgIpc) is 2.13. The lowest BCUT2D eigenvalue weighted by Gasteiger charge is -2.05. The first-order chi connectivity index (χ1) is 6.25. The van der Waals surface area contributed by atoms with Crippen LogP contribution in [0.3, 0.4) is 0 Å². The van der Waals surface area contributed by atoms with Gasteiger partial charge in [-0.1, -0.05) is 6.92 Å². The van der Waals surface area contributed by atoms with Gasteiger partial charge in [0.15, 0.2) is 11.6 Å². The molecule has 0 saturated heterocycles. The largest absolute Gasteiger partial charge is 0.381 e. The molecule has 0 aliphatic rings. The maximum absolute atomic E-state index is 13.2. The van der Waals surface area contributed by atoms with Crippen LogP contribution in [-0.2, 0) is 6.54 Å². The number of rotatable bonds is 4. The SMILES string of the molecule is CCCNCc1ccnc(N)c1F. The van der Waals surface area contributed by atoms with Crippen LogP contribution in [0.2, 0.25) is 0 Å². The lowest BCUT2D eigenvalue weighted by Crippen LogP contribution is -2.15. The first-order valence-corrected chi connectivity index (χ1v) is 4.35. The predicted molar refractivity (Wildman–Crippen MR) is 50.6 cm³/mol. The Bertz CT molecular complexity index is 276. The van der Waals surface area contributed by atoms with Crippen LogP contribution in [0.1, 0.15) is 18.9 Å². The molecule has 4 heteroatoms. The molecule has 0 aliphatic heterocycles. The molecule has 0 saturated carbocycles. The highest BCUT2D eigenvalue weighted by Gasteiger charge is 2.04. The quantitative estimate of drug-likeness (QED) is 0.692. The molecular weight excluding hydrogens is 169 g/mol. The number of nitrogens with two attached hydrogens (primary N) is 1. The average molecular weight is 183 g/mol. The summed E-state index contributed by atoms with van der Waals surface area (Å²) < 4.78 is 13.2. The number of halogens is 1. The van der Waals surface area contributed by atoms with Gasteiger partial charge < -0.3 is 11.1 Å². The van der Waals surface area contributed by atoms with E-state index < -0.39 is 5.82 Å². The number of anilines is 1. The molecular formula is C9H14FN3. The van der Waals surface area contributed by atoms with Gasteiger partial charge in [-0.25, -0.2) is 9.37 Å². The molecule has 72 valence electrons. The van der Waals surface area contributed by atoms with Crippen LogP contribution in [0, 0.1) is 5.82 Å². The summed E-state index contributed by atoms with van der Waals surface area (Å²) in [6, 6.07) is 1.63. The van der Waals surface area contributed by atoms with Crippen molar-refractivity contribution < 1.29 is 4.39 Å². The minimum absolute atomic E-state index is 0.0317. The van der Waals surface area contributed by atoms with E-state index in [0.29, 0.717) is 12.1 Å². The van der Waals surface area contributed by atoms with E-state index in [1.807, 2.05) is 0 Å². The normalized spacial score (nSPS) is 10.3. The highest BCUT2D eigenvalue weighted by Crippen LogP contribution is 2.10. The zero-order chi connectivity index (χ0) is 9.68. The third-order valence-corrected chi connectivity index (χ3v) is 1.74. The van der Waals surface area contributed by atoms with Crippen LogP contribution in [0.5, 0.6) is 0 Å². The van der Waals surface area contributed by atoms with E-state index in [-0.39, 0.29) is 5.82 Å². The van der Waals surface area contributed by atoms with Crippen molar-refractivity contribution in [3.63, 3.8) is 0 Å². The molecule has 1 aromatic rings. The minimum atomic E-state index is -0.411. The van der Waals surface area contributed by atoms with Crippen molar-refractivity contribution in [3.05, 3.63) is 23.6 Å². The topological polar surface area (TPSA) is 50.9 Å². The number of nitrogens with one attached hydrogen (secondary N) is 1.